The Bertz CT molecular complexity index is 583. The number of carbonyl (C=O) groups is 1. The molecule has 1 N–H and O–H groups in total. The minimum absolute atomic E-state index is 0.0527. The molecule has 1 aromatic rings. The molecule has 0 saturated heterocycles. The average Bonchev–Trinajstić information content (AvgIpc) is 2.38. The van der Waals surface area contributed by atoms with E-state index in [2.05, 4.69) is 5.32 Å². The van der Waals surface area contributed by atoms with Gasteiger partial charge in [0.05, 0.1) is 10.6 Å². The van der Waals surface area contributed by atoms with Gasteiger partial charge in [0.15, 0.2) is 0 Å². The number of halogens is 1. The molecule has 1 amide bonds. The van der Waals surface area contributed by atoms with E-state index in [1.807, 2.05) is 6.07 Å². The molecule has 0 fully saturated rings. The molecule has 0 spiro atoms. The van der Waals surface area contributed by atoms with Crippen molar-refractivity contribution in [3.8, 4) is 6.07 Å². The number of carbonyl (C=O) groups excluding carboxylic acids is 1. The van der Waals surface area contributed by atoms with Gasteiger partial charge in [-0.05, 0) is 18.2 Å². The Morgan fingerprint density at radius 3 is 2.71 bits per heavy atom. The van der Waals surface area contributed by atoms with Crippen molar-refractivity contribution in [2.45, 2.75) is 32.7 Å². The molecule has 0 unspecified atom stereocenters. The fraction of sp³-hybridized carbons (Fsp3) is 0.429. The summed E-state index contributed by atoms with van der Waals surface area (Å²) >= 11 is 5.87. The lowest BCUT2D eigenvalue weighted by atomic mass is 9.96. The summed E-state index contributed by atoms with van der Waals surface area (Å²) in [7, 11) is 0. The van der Waals surface area contributed by atoms with Crippen LogP contribution in [0.3, 0.4) is 0 Å². The third-order valence-electron chi connectivity index (χ3n) is 3.23. The summed E-state index contributed by atoms with van der Waals surface area (Å²) in [5.41, 5.74) is 0.785. The normalized spacial score (nSPS) is 13.0. The fourth-order valence-corrected chi connectivity index (χ4v) is 2.31. The highest BCUT2D eigenvalue weighted by Crippen LogP contribution is 2.21. The third-order valence-corrected chi connectivity index (χ3v) is 3.54. The standard InChI is InChI=1S/C14H16ClN3O3/c1-3-13(18(20)21)9(2)6-14(19)17-11-5-4-10(8-16)12(15)7-11/h4-5,7,9,13H,3,6H2,1-2H3,(H,17,19)/t9-,13-/m0/s1. The van der Waals surface area contributed by atoms with E-state index in [9.17, 15) is 14.9 Å². The minimum atomic E-state index is -0.736. The van der Waals surface area contributed by atoms with Gasteiger partial charge in [-0.1, -0.05) is 25.4 Å². The maximum absolute atomic E-state index is 11.9. The van der Waals surface area contributed by atoms with Gasteiger partial charge >= 0.3 is 0 Å². The summed E-state index contributed by atoms with van der Waals surface area (Å²) in [6.07, 6.45) is 0.432. The lowest BCUT2D eigenvalue weighted by Crippen LogP contribution is -2.29. The predicted octanol–water partition coefficient (Wildman–Crippen LogP) is 3.23. The van der Waals surface area contributed by atoms with Crippen molar-refractivity contribution in [1.29, 1.82) is 5.26 Å². The summed E-state index contributed by atoms with van der Waals surface area (Å²) in [5.74, 6) is -0.678. The van der Waals surface area contributed by atoms with E-state index in [1.165, 1.54) is 12.1 Å². The summed E-state index contributed by atoms with van der Waals surface area (Å²) in [4.78, 5) is 22.4. The number of benzene rings is 1. The zero-order chi connectivity index (χ0) is 16.0. The van der Waals surface area contributed by atoms with Gasteiger partial charge in [-0.25, -0.2) is 0 Å². The van der Waals surface area contributed by atoms with Gasteiger partial charge in [-0.2, -0.15) is 5.26 Å². The first-order valence-corrected chi connectivity index (χ1v) is 6.89. The first-order chi connectivity index (χ1) is 9.88. The highest BCUT2D eigenvalue weighted by Gasteiger charge is 2.27. The topological polar surface area (TPSA) is 96.0 Å². The highest BCUT2D eigenvalue weighted by molar-refractivity contribution is 6.32. The van der Waals surface area contributed by atoms with E-state index in [0.717, 1.165) is 0 Å². The Morgan fingerprint density at radius 2 is 2.24 bits per heavy atom. The highest BCUT2D eigenvalue weighted by atomic mass is 35.5. The van der Waals surface area contributed by atoms with E-state index in [0.29, 0.717) is 17.7 Å². The predicted molar refractivity (Wildman–Crippen MR) is 79.7 cm³/mol. The van der Waals surface area contributed by atoms with Crippen LogP contribution in [-0.2, 0) is 4.79 Å². The van der Waals surface area contributed by atoms with Crippen LogP contribution in [0.15, 0.2) is 18.2 Å². The monoisotopic (exact) mass is 309 g/mol. The van der Waals surface area contributed by atoms with E-state index in [-0.39, 0.29) is 28.2 Å². The van der Waals surface area contributed by atoms with E-state index >= 15 is 0 Å². The molecule has 1 rings (SSSR count). The van der Waals surface area contributed by atoms with Crippen molar-refractivity contribution < 1.29 is 9.72 Å². The van der Waals surface area contributed by atoms with E-state index < -0.39 is 6.04 Å². The first kappa shape index (κ1) is 16.9. The molecule has 0 saturated carbocycles. The second-order valence-electron chi connectivity index (χ2n) is 4.80. The van der Waals surface area contributed by atoms with Crippen LogP contribution in [0, 0.1) is 27.4 Å². The summed E-state index contributed by atoms with van der Waals surface area (Å²) in [6, 6.07) is 5.74. The number of anilines is 1. The number of hydrogen-bond donors (Lipinski definition) is 1. The largest absolute Gasteiger partial charge is 0.326 e. The van der Waals surface area contributed by atoms with Crippen LogP contribution in [0.1, 0.15) is 32.3 Å². The molecule has 0 aliphatic rings. The van der Waals surface area contributed by atoms with Gasteiger partial charge in [-0.15, -0.1) is 0 Å². The van der Waals surface area contributed by atoms with Crippen molar-refractivity contribution in [2.24, 2.45) is 5.92 Å². The number of nitrogens with zero attached hydrogens (tertiary/aromatic N) is 2. The lowest BCUT2D eigenvalue weighted by molar-refractivity contribution is -0.531. The number of nitriles is 1. The van der Waals surface area contributed by atoms with E-state index in [4.69, 9.17) is 16.9 Å². The number of nitro groups is 1. The first-order valence-electron chi connectivity index (χ1n) is 6.52. The van der Waals surface area contributed by atoms with Crippen LogP contribution in [0.2, 0.25) is 5.02 Å². The van der Waals surface area contributed by atoms with Crippen LogP contribution in [0.25, 0.3) is 0 Å². The Labute approximate surface area is 127 Å². The molecule has 0 aliphatic carbocycles. The Balaban J connectivity index is 2.68. The van der Waals surface area contributed by atoms with Gasteiger partial charge in [0.1, 0.15) is 6.07 Å². The molecule has 6 nitrogen and oxygen atoms in total. The van der Waals surface area contributed by atoms with Crippen molar-refractivity contribution in [2.75, 3.05) is 5.32 Å². The van der Waals surface area contributed by atoms with Gasteiger partial charge in [0.25, 0.3) is 0 Å². The van der Waals surface area contributed by atoms with Crippen LogP contribution in [0.4, 0.5) is 5.69 Å². The fourth-order valence-electron chi connectivity index (χ4n) is 2.08. The molecule has 7 heteroatoms. The number of hydrogen-bond acceptors (Lipinski definition) is 4. The molecular formula is C14H16ClN3O3. The molecule has 2 atom stereocenters. The van der Waals surface area contributed by atoms with Gasteiger partial charge in [0, 0.05) is 29.4 Å². The second-order valence-corrected chi connectivity index (χ2v) is 5.20. The average molecular weight is 310 g/mol. The molecule has 0 aliphatic heterocycles. The summed E-state index contributed by atoms with van der Waals surface area (Å²) in [5, 5.41) is 22.5. The zero-order valence-electron chi connectivity index (χ0n) is 11.8. The van der Waals surface area contributed by atoms with E-state index in [1.54, 1.807) is 19.9 Å². The summed E-state index contributed by atoms with van der Waals surface area (Å²) in [6.45, 7) is 3.41. The maximum Gasteiger partial charge on any atom is 0.224 e. The third kappa shape index (κ3) is 4.72. The number of rotatable bonds is 6. The zero-order valence-corrected chi connectivity index (χ0v) is 12.6. The molecule has 0 heterocycles. The van der Waals surface area contributed by atoms with Crippen molar-refractivity contribution in [3.63, 3.8) is 0 Å². The van der Waals surface area contributed by atoms with Crippen molar-refractivity contribution >= 4 is 23.2 Å². The molecule has 21 heavy (non-hydrogen) atoms. The van der Waals surface area contributed by atoms with Crippen LogP contribution in [-0.4, -0.2) is 16.9 Å². The van der Waals surface area contributed by atoms with Gasteiger partial charge < -0.3 is 5.32 Å². The molecule has 1 aromatic carbocycles. The molecular weight excluding hydrogens is 294 g/mol. The number of amides is 1. The van der Waals surface area contributed by atoms with Crippen molar-refractivity contribution in [3.05, 3.63) is 38.9 Å². The molecule has 0 radical (unpaired) electrons. The van der Waals surface area contributed by atoms with Crippen LogP contribution in [0.5, 0.6) is 0 Å². The minimum Gasteiger partial charge on any atom is -0.326 e. The quantitative estimate of drug-likeness (QED) is 0.644. The van der Waals surface area contributed by atoms with Gasteiger partial charge in [-0.3, -0.25) is 14.9 Å². The maximum atomic E-state index is 11.9. The van der Waals surface area contributed by atoms with Crippen molar-refractivity contribution in [1.82, 2.24) is 0 Å². The molecule has 112 valence electrons. The van der Waals surface area contributed by atoms with Crippen LogP contribution >= 0.6 is 11.6 Å². The Hall–Kier alpha value is -2.13. The second kappa shape index (κ2) is 7.60. The summed E-state index contributed by atoms with van der Waals surface area (Å²) < 4.78 is 0. The van der Waals surface area contributed by atoms with Gasteiger partial charge in [0.2, 0.25) is 11.9 Å². The SMILES string of the molecule is CC[C@@H]([C@@H](C)CC(=O)Nc1ccc(C#N)c(Cl)c1)[N+](=O)[O-]. The smallest absolute Gasteiger partial charge is 0.224 e. The Kier molecular flexibility index (Phi) is 6.12. The number of nitrogens with one attached hydrogen (secondary N) is 1. The van der Waals surface area contributed by atoms with Crippen LogP contribution < -0.4 is 5.32 Å². The molecule has 0 bridgehead atoms. The molecule has 0 aromatic heterocycles. The Morgan fingerprint density at radius 1 is 1.57 bits per heavy atom. The lowest BCUT2D eigenvalue weighted by Gasteiger charge is -2.15.